The van der Waals surface area contributed by atoms with Crippen molar-refractivity contribution in [3.8, 4) is 0 Å². The van der Waals surface area contributed by atoms with Crippen LogP contribution in [-0.4, -0.2) is 59.2 Å². The summed E-state index contributed by atoms with van der Waals surface area (Å²) in [6, 6.07) is 15.5. The van der Waals surface area contributed by atoms with Crippen LogP contribution in [0.4, 0.5) is 17.5 Å². The van der Waals surface area contributed by atoms with Crippen molar-refractivity contribution in [3.05, 3.63) is 86.6 Å². The quantitative estimate of drug-likeness (QED) is 0.401. The summed E-state index contributed by atoms with van der Waals surface area (Å²) in [6.45, 7) is 7.23. The molecule has 36 heavy (non-hydrogen) atoms. The molecule has 0 radical (unpaired) electrons. The fraction of sp³-hybridized carbons (Fsp3) is 0.407. The van der Waals surface area contributed by atoms with Crippen LogP contribution in [-0.2, 0) is 37.2 Å². The van der Waals surface area contributed by atoms with Crippen LogP contribution in [0.2, 0.25) is 0 Å². The molecular weight excluding hydrogens is 456 g/mol. The summed E-state index contributed by atoms with van der Waals surface area (Å²) < 4.78 is 5.62. The van der Waals surface area contributed by atoms with Gasteiger partial charge in [-0.1, -0.05) is 36.4 Å². The van der Waals surface area contributed by atoms with Crippen LogP contribution < -0.4 is 9.80 Å². The normalized spacial score (nSPS) is 18.0. The maximum atomic E-state index is 11.0. The number of anilines is 2. The summed E-state index contributed by atoms with van der Waals surface area (Å²) >= 11 is 0. The zero-order valence-electron chi connectivity index (χ0n) is 20.3. The molecule has 0 saturated carbocycles. The van der Waals surface area contributed by atoms with E-state index in [0.29, 0.717) is 13.2 Å². The molecule has 1 saturated heterocycles. The van der Waals surface area contributed by atoms with Gasteiger partial charge < -0.3 is 14.5 Å². The molecule has 1 aromatic heterocycles. The van der Waals surface area contributed by atoms with E-state index in [1.165, 1.54) is 16.7 Å². The minimum absolute atomic E-state index is 0.124. The lowest BCUT2D eigenvalue weighted by Gasteiger charge is -2.36. The second-order valence-electron chi connectivity index (χ2n) is 9.70. The number of nitro groups is 1. The molecule has 2 aromatic carbocycles. The molecule has 3 aromatic rings. The molecule has 0 atom stereocenters. The fourth-order valence-electron chi connectivity index (χ4n) is 5.40. The molecule has 9 nitrogen and oxygen atoms in total. The van der Waals surface area contributed by atoms with Gasteiger partial charge in [0.25, 0.3) is 5.69 Å². The van der Waals surface area contributed by atoms with Crippen LogP contribution >= 0.6 is 0 Å². The number of rotatable bonds is 5. The predicted molar refractivity (Wildman–Crippen MR) is 137 cm³/mol. The molecule has 0 N–H and O–H groups in total. The first-order valence-corrected chi connectivity index (χ1v) is 12.6. The Bertz CT molecular complexity index is 1260. The van der Waals surface area contributed by atoms with E-state index in [1.54, 1.807) is 12.1 Å². The van der Waals surface area contributed by atoms with Crippen molar-refractivity contribution in [2.24, 2.45) is 0 Å². The van der Waals surface area contributed by atoms with Crippen molar-refractivity contribution < 1.29 is 9.66 Å². The number of aromatic nitrogens is 2. The molecule has 3 aliphatic heterocycles. The fourth-order valence-corrected chi connectivity index (χ4v) is 5.40. The van der Waals surface area contributed by atoms with Gasteiger partial charge in [0.05, 0.1) is 23.8 Å². The van der Waals surface area contributed by atoms with Crippen LogP contribution in [0.5, 0.6) is 0 Å². The van der Waals surface area contributed by atoms with Gasteiger partial charge in [0, 0.05) is 69.9 Å². The predicted octanol–water partition coefficient (Wildman–Crippen LogP) is 3.34. The maximum absolute atomic E-state index is 11.0. The van der Waals surface area contributed by atoms with Gasteiger partial charge >= 0.3 is 0 Å². The van der Waals surface area contributed by atoms with E-state index in [1.807, 2.05) is 12.1 Å². The zero-order chi connectivity index (χ0) is 24.5. The van der Waals surface area contributed by atoms with E-state index < -0.39 is 0 Å². The van der Waals surface area contributed by atoms with Gasteiger partial charge in [-0.2, -0.15) is 4.98 Å². The molecule has 0 amide bonds. The number of morpholine rings is 1. The summed E-state index contributed by atoms with van der Waals surface area (Å²) in [5, 5.41) is 11.0. The SMILES string of the molecule is O=[N+]([O-])c1ccc(CN2CCc3nc(N4CCc5ccccc5C4)nc(N4CCOCC4)c3C2)cc1. The minimum atomic E-state index is -0.356. The van der Waals surface area contributed by atoms with Crippen molar-refractivity contribution in [1.29, 1.82) is 0 Å². The Kier molecular flexibility index (Phi) is 6.25. The Labute approximate surface area is 210 Å². The molecule has 9 heteroatoms. The van der Waals surface area contributed by atoms with Crippen molar-refractivity contribution in [1.82, 2.24) is 14.9 Å². The van der Waals surface area contributed by atoms with Crippen LogP contribution in [0.3, 0.4) is 0 Å². The second kappa shape index (κ2) is 9.83. The Hall–Kier alpha value is -3.56. The molecule has 4 heterocycles. The number of ether oxygens (including phenoxy) is 1. The van der Waals surface area contributed by atoms with E-state index in [0.717, 1.165) is 81.7 Å². The summed E-state index contributed by atoms with van der Waals surface area (Å²) in [6.07, 6.45) is 1.87. The number of hydrogen-bond acceptors (Lipinski definition) is 8. The minimum Gasteiger partial charge on any atom is -0.378 e. The van der Waals surface area contributed by atoms with E-state index in [4.69, 9.17) is 14.7 Å². The van der Waals surface area contributed by atoms with Crippen LogP contribution in [0, 0.1) is 10.1 Å². The molecule has 186 valence electrons. The molecule has 0 aliphatic carbocycles. The first-order valence-electron chi connectivity index (χ1n) is 12.6. The molecule has 3 aliphatic rings. The van der Waals surface area contributed by atoms with E-state index >= 15 is 0 Å². The van der Waals surface area contributed by atoms with E-state index in [2.05, 4.69) is 39.0 Å². The highest BCUT2D eigenvalue weighted by Gasteiger charge is 2.28. The van der Waals surface area contributed by atoms with Gasteiger partial charge in [-0.15, -0.1) is 0 Å². The third-order valence-corrected chi connectivity index (χ3v) is 7.38. The highest BCUT2D eigenvalue weighted by molar-refractivity contribution is 5.55. The summed E-state index contributed by atoms with van der Waals surface area (Å²) in [7, 11) is 0. The van der Waals surface area contributed by atoms with Crippen molar-refractivity contribution in [3.63, 3.8) is 0 Å². The lowest BCUT2D eigenvalue weighted by atomic mass is 10.00. The standard InChI is InChI=1S/C27H30N6O3/c34-33(35)23-7-5-20(6-8-23)17-30-11-10-25-24(19-30)26(31-13-15-36-16-14-31)29-27(28-25)32-12-9-21-3-1-2-4-22(21)18-32/h1-8H,9-19H2. The molecule has 1 fully saturated rings. The van der Waals surface area contributed by atoms with E-state index in [-0.39, 0.29) is 10.6 Å². The van der Waals surface area contributed by atoms with Crippen LogP contribution in [0.25, 0.3) is 0 Å². The molecule has 6 rings (SSSR count). The van der Waals surface area contributed by atoms with Gasteiger partial charge in [-0.05, 0) is 23.1 Å². The number of nitro benzene ring substituents is 1. The molecular formula is C27H30N6O3. The third-order valence-electron chi connectivity index (χ3n) is 7.38. The summed E-state index contributed by atoms with van der Waals surface area (Å²) in [5.74, 6) is 1.86. The number of hydrogen-bond donors (Lipinski definition) is 0. The average molecular weight is 487 g/mol. The highest BCUT2D eigenvalue weighted by atomic mass is 16.6. The molecule has 0 unspecified atom stereocenters. The van der Waals surface area contributed by atoms with Crippen molar-refractivity contribution >= 4 is 17.5 Å². The largest absolute Gasteiger partial charge is 0.378 e. The Balaban J connectivity index is 1.27. The second-order valence-corrected chi connectivity index (χ2v) is 9.70. The number of non-ortho nitro benzene ring substituents is 1. The van der Waals surface area contributed by atoms with Gasteiger partial charge in [-0.3, -0.25) is 15.0 Å². The van der Waals surface area contributed by atoms with Gasteiger partial charge in [-0.25, -0.2) is 4.98 Å². The van der Waals surface area contributed by atoms with Gasteiger partial charge in [0.15, 0.2) is 0 Å². The van der Waals surface area contributed by atoms with Gasteiger partial charge in [0.2, 0.25) is 5.95 Å². The topological polar surface area (TPSA) is 87.9 Å². The van der Waals surface area contributed by atoms with Gasteiger partial charge in [0.1, 0.15) is 5.82 Å². The van der Waals surface area contributed by atoms with Crippen LogP contribution in [0.15, 0.2) is 48.5 Å². The molecule has 0 spiro atoms. The Morgan fingerprint density at radius 1 is 0.861 bits per heavy atom. The summed E-state index contributed by atoms with van der Waals surface area (Å²) in [4.78, 5) is 27.9. The average Bonchev–Trinajstić information content (AvgIpc) is 2.93. The third kappa shape index (κ3) is 4.64. The monoisotopic (exact) mass is 486 g/mol. The number of fused-ring (bicyclic) bond motifs is 2. The Morgan fingerprint density at radius 3 is 2.42 bits per heavy atom. The molecule has 0 bridgehead atoms. The summed E-state index contributed by atoms with van der Waals surface area (Å²) in [5.41, 5.74) is 6.31. The lowest BCUT2D eigenvalue weighted by molar-refractivity contribution is -0.384. The first kappa shape index (κ1) is 22.9. The lowest BCUT2D eigenvalue weighted by Crippen LogP contribution is -2.40. The van der Waals surface area contributed by atoms with Crippen LogP contribution in [0.1, 0.15) is 27.9 Å². The van der Waals surface area contributed by atoms with Crippen molar-refractivity contribution in [2.45, 2.75) is 32.5 Å². The van der Waals surface area contributed by atoms with Crippen molar-refractivity contribution in [2.75, 3.05) is 49.2 Å². The first-order chi connectivity index (χ1) is 17.6. The zero-order valence-corrected chi connectivity index (χ0v) is 20.3. The maximum Gasteiger partial charge on any atom is 0.269 e. The highest BCUT2D eigenvalue weighted by Crippen LogP contribution is 2.32. The number of benzene rings is 2. The number of nitrogens with zero attached hydrogens (tertiary/aromatic N) is 6. The Morgan fingerprint density at radius 2 is 1.64 bits per heavy atom. The van der Waals surface area contributed by atoms with E-state index in [9.17, 15) is 10.1 Å². The smallest absolute Gasteiger partial charge is 0.269 e.